The van der Waals surface area contributed by atoms with Gasteiger partial charge in [-0.1, -0.05) is 83.9 Å². The maximum absolute atomic E-state index is 5.02. The fourth-order valence-corrected chi connectivity index (χ4v) is 6.13. The number of rotatable bonds is 3. The molecule has 188 valence electrons. The number of benzene rings is 4. The molecular formula is C34H32N4. The van der Waals surface area contributed by atoms with Gasteiger partial charge in [-0.05, 0) is 74.9 Å². The average molecular weight is 497 g/mol. The molecule has 1 aliphatic carbocycles. The van der Waals surface area contributed by atoms with Crippen LogP contribution in [0, 0.1) is 41.5 Å². The highest BCUT2D eigenvalue weighted by molar-refractivity contribution is 6.24. The van der Waals surface area contributed by atoms with Gasteiger partial charge in [0, 0.05) is 23.5 Å². The van der Waals surface area contributed by atoms with E-state index in [0.717, 1.165) is 33.8 Å². The lowest BCUT2D eigenvalue weighted by molar-refractivity contribution is 0.820. The number of fused-ring (bicyclic) bond motifs is 3. The van der Waals surface area contributed by atoms with E-state index >= 15 is 0 Å². The van der Waals surface area contributed by atoms with Crippen LogP contribution < -0.4 is 5.62 Å². The Bertz CT molecular complexity index is 1660. The van der Waals surface area contributed by atoms with E-state index in [1.54, 1.807) is 0 Å². The highest BCUT2D eigenvalue weighted by atomic mass is 15.3. The van der Waals surface area contributed by atoms with Gasteiger partial charge >= 0.3 is 0 Å². The van der Waals surface area contributed by atoms with Crippen LogP contribution in [0.5, 0.6) is 0 Å². The van der Waals surface area contributed by atoms with Gasteiger partial charge in [0.1, 0.15) is 5.71 Å². The van der Waals surface area contributed by atoms with Crippen molar-refractivity contribution in [2.75, 3.05) is 0 Å². The van der Waals surface area contributed by atoms with Gasteiger partial charge in [-0.3, -0.25) is 9.13 Å². The van der Waals surface area contributed by atoms with E-state index in [1.165, 1.54) is 44.5 Å². The van der Waals surface area contributed by atoms with Gasteiger partial charge in [-0.15, -0.1) is 10.2 Å². The lowest BCUT2D eigenvalue weighted by Gasteiger charge is -2.15. The standard InChI is InChI=1S/C34H32N4/c1-21-17-23(3)32(24(4)18-21)37-15-16-38(33-25(5)19-22(2)20-26(33)6)34(37)36-35-31-29-13-9-7-11-27(29)28-12-8-10-14-30(28)31/h7-20H,1-6H3. The molecule has 4 nitrogen and oxygen atoms in total. The summed E-state index contributed by atoms with van der Waals surface area (Å²) in [6.45, 7) is 13.0. The molecule has 0 spiro atoms. The summed E-state index contributed by atoms with van der Waals surface area (Å²) in [5.41, 5.74) is 16.0. The molecule has 6 rings (SSSR count). The van der Waals surface area contributed by atoms with Crippen LogP contribution in [0.1, 0.15) is 44.5 Å². The molecule has 0 bridgehead atoms. The summed E-state index contributed by atoms with van der Waals surface area (Å²) in [7, 11) is 0. The highest BCUT2D eigenvalue weighted by Crippen LogP contribution is 2.36. The maximum Gasteiger partial charge on any atom is 0.239 e. The second-order valence-electron chi connectivity index (χ2n) is 10.5. The van der Waals surface area contributed by atoms with Crippen molar-refractivity contribution in [1.29, 1.82) is 0 Å². The fourth-order valence-electron chi connectivity index (χ4n) is 6.13. The predicted octanol–water partition coefficient (Wildman–Crippen LogP) is 7.45. The van der Waals surface area contributed by atoms with Gasteiger partial charge in [0.15, 0.2) is 0 Å². The molecule has 0 saturated heterocycles. The molecule has 0 saturated carbocycles. The van der Waals surface area contributed by atoms with E-state index in [9.17, 15) is 0 Å². The third-order valence-electron chi connectivity index (χ3n) is 7.44. The van der Waals surface area contributed by atoms with E-state index in [1.807, 2.05) is 0 Å². The minimum Gasteiger partial charge on any atom is -0.284 e. The first kappa shape index (κ1) is 23.9. The Morgan fingerprint density at radius 3 is 1.24 bits per heavy atom. The first-order valence-electron chi connectivity index (χ1n) is 13.1. The lowest BCUT2D eigenvalue weighted by Crippen LogP contribution is -2.26. The Kier molecular flexibility index (Phi) is 5.76. The quantitative estimate of drug-likeness (QED) is 0.228. The lowest BCUT2D eigenvalue weighted by atomic mass is 10.0. The molecule has 4 heteroatoms. The number of hydrogen-bond donors (Lipinski definition) is 0. The van der Waals surface area contributed by atoms with Crippen molar-refractivity contribution in [3.63, 3.8) is 0 Å². The first-order chi connectivity index (χ1) is 18.3. The van der Waals surface area contributed by atoms with E-state index in [0.29, 0.717) is 0 Å². The molecule has 0 atom stereocenters. The number of aryl methyl sites for hydroxylation is 6. The van der Waals surface area contributed by atoms with Crippen LogP contribution in [0.25, 0.3) is 22.5 Å². The van der Waals surface area contributed by atoms with Crippen LogP contribution in [-0.2, 0) is 0 Å². The van der Waals surface area contributed by atoms with Gasteiger partial charge in [0.05, 0.1) is 11.4 Å². The summed E-state index contributed by atoms with van der Waals surface area (Å²) in [5.74, 6) is 0. The Hall–Kier alpha value is -4.44. The van der Waals surface area contributed by atoms with Crippen molar-refractivity contribution in [1.82, 2.24) is 9.13 Å². The largest absolute Gasteiger partial charge is 0.284 e. The molecule has 38 heavy (non-hydrogen) atoms. The first-order valence-corrected chi connectivity index (χ1v) is 13.1. The zero-order valence-corrected chi connectivity index (χ0v) is 22.9. The number of aromatic nitrogens is 2. The van der Waals surface area contributed by atoms with Crippen molar-refractivity contribution < 1.29 is 0 Å². The maximum atomic E-state index is 5.02. The summed E-state index contributed by atoms with van der Waals surface area (Å²) >= 11 is 0. The van der Waals surface area contributed by atoms with Crippen molar-refractivity contribution in [2.45, 2.75) is 41.5 Å². The monoisotopic (exact) mass is 496 g/mol. The number of nitrogens with zero attached hydrogens (tertiary/aromatic N) is 4. The zero-order chi connectivity index (χ0) is 26.6. The predicted molar refractivity (Wildman–Crippen MR) is 157 cm³/mol. The second-order valence-corrected chi connectivity index (χ2v) is 10.5. The molecule has 0 N–H and O–H groups in total. The summed E-state index contributed by atoms with van der Waals surface area (Å²) in [4.78, 5) is 0. The molecule has 0 aliphatic heterocycles. The third-order valence-corrected chi connectivity index (χ3v) is 7.44. The minimum atomic E-state index is 0.768. The number of hydrogen-bond acceptors (Lipinski definition) is 2. The van der Waals surface area contributed by atoms with Gasteiger partial charge in [0.2, 0.25) is 5.62 Å². The van der Waals surface area contributed by atoms with Gasteiger partial charge < -0.3 is 0 Å². The molecule has 0 radical (unpaired) electrons. The molecule has 4 aromatic carbocycles. The van der Waals surface area contributed by atoms with Crippen LogP contribution >= 0.6 is 0 Å². The molecule has 1 aliphatic rings. The van der Waals surface area contributed by atoms with Crippen molar-refractivity contribution in [2.24, 2.45) is 10.2 Å². The zero-order valence-electron chi connectivity index (χ0n) is 22.9. The molecule has 0 fully saturated rings. The van der Waals surface area contributed by atoms with Crippen LogP contribution in [0.15, 0.2) is 95.4 Å². The molecule has 0 amide bonds. The van der Waals surface area contributed by atoms with Crippen LogP contribution in [0.2, 0.25) is 0 Å². The summed E-state index contributed by atoms with van der Waals surface area (Å²) in [6, 6.07) is 25.8. The minimum absolute atomic E-state index is 0.768. The van der Waals surface area contributed by atoms with Crippen LogP contribution in [-0.4, -0.2) is 14.8 Å². The second kappa shape index (κ2) is 9.14. The van der Waals surface area contributed by atoms with E-state index in [2.05, 4.69) is 136 Å². The van der Waals surface area contributed by atoms with E-state index in [4.69, 9.17) is 10.2 Å². The Labute approximate surface area is 224 Å². The third kappa shape index (κ3) is 3.84. The van der Waals surface area contributed by atoms with Crippen LogP contribution in [0.4, 0.5) is 0 Å². The molecular weight excluding hydrogens is 464 g/mol. The number of imidazole rings is 1. The Morgan fingerprint density at radius 1 is 0.474 bits per heavy atom. The average Bonchev–Trinajstić information content (AvgIpc) is 3.41. The van der Waals surface area contributed by atoms with Crippen LogP contribution in [0.3, 0.4) is 0 Å². The van der Waals surface area contributed by atoms with Crippen molar-refractivity contribution >= 4 is 5.71 Å². The Balaban J connectivity index is 1.66. The van der Waals surface area contributed by atoms with Gasteiger partial charge in [-0.25, -0.2) is 0 Å². The fraction of sp³-hybridized carbons (Fsp3) is 0.176. The summed E-state index contributed by atoms with van der Waals surface area (Å²) < 4.78 is 4.36. The topological polar surface area (TPSA) is 34.6 Å². The smallest absolute Gasteiger partial charge is 0.239 e. The highest BCUT2D eigenvalue weighted by Gasteiger charge is 2.24. The molecule has 0 unspecified atom stereocenters. The van der Waals surface area contributed by atoms with Gasteiger partial charge in [0.25, 0.3) is 0 Å². The molecule has 1 aromatic heterocycles. The summed E-state index contributed by atoms with van der Waals surface area (Å²) in [5, 5.41) is 10.00. The van der Waals surface area contributed by atoms with Crippen molar-refractivity contribution in [3.05, 3.63) is 135 Å². The molecule has 1 heterocycles. The normalized spacial score (nSPS) is 11.9. The van der Waals surface area contributed by atoms with E-state index in [-0.39, 0.29) is 0 Å². The van der Waals surface area contributed by atoms with Gasteiger partial charge in [-0.2, -0.15) is 0 Å². The van der Waals surface area contributed by atoms with Crippen molar-refractivity contribution in [3.8, 4) is 22.5 Å². The Morgan fingerprint density at radius 2 is 0.842 bits per heavy atom. The SMILES string of the molecule is Cc1cc(C)c(-n2ccn(-c3c(C)cc(C)cc3C)c2=NN=C2c3ccccc3-c3ccccc32)c(C)c1. The summed E-state index contributed by atoms with van der Waals surface area (Å²) in [6.07, 6.45) is 4.22. The van der Waals surface area contributed by atoms with E-state index < -0.39 is 0 Å². The molecule has 5 aromatic rings.